The second-order valence-corrected chi connectivity index (χ2v) is 4.38. The zero-order valence-corrected chi connectivity index (χ0v) is 9.68. The summed E-state index contributed by atoms with van der Waals surface area (Å²) in [7, 11) is 2.03. The van der Waals surface area contributed by atoms with E-state index in [9.17, 15) is 0 Å². The summed E-state index contributed by atoms with van der Waals surface area (Å²) in [5.41, 5.74) is 0. The molecule has 0 radical (unpaired) electrons. The Kier molecular flexibility index (Phi) is 6.15. The summed E-state index contributed by atoms with van der Waals surface area (Å²) in [6, 6.07) is 0. The lowest BCUT2D eigenvalue weighted by molar-refractivity contribution is 0.224. The van der Waals surface area contributed by atoms with Crippen molar-refractivity contribution < 1.29 is 0 Å². The van der Waals surface area contributed by atoms with Gasteiger partial charge in [-0.1, -0.05) is 6.92 Å². The van der Waals surface area contributed by atoms with E-state index in [1.165, 1.54) is 45.6 Å². The summed E-state index contributed by atoms with van der Waals surface area (Å²) >= 11 is 0. The van der Waals surface area contributed by atoms with Crippen LogP contribution in [0.25, 0.3) is 0 Å². The van der Waals surface area contributed by atoms with Gasteiger partial charge in [-0.2, -0.15) is 0 Å². The van der Waals surface area contributed by atoms with E-state index in [0.717, 1.165) is 12.5 Å². The number of piperazine rings is 1. The molecule has 1 heterocycles. The van der Waals surface area contributed by atoms with Gasteiger partial charge in [-0.15, -0.1) is 0 Å². The molecular formula is C11H25N3. The Morgan fingerprint density at radius 2 is 2.00 bits per heavy atom. The third-order valence-corrected chi connectivity index (χ3v) is 3.03. The van der Waals surface area contributed by atoms with Gasteiger partial charge in [0.2, 0.25) is 0 Å². The molecule has 14 heavy (non-hydrogen) atoms. The van der Waals surface area contributed by atoms with Crippen molar-refractivity contribution in [2.24, 2.45) is 5.92 Å². The summed E-state index contributed by atoms with van der Waals surface area (Å²) in [6.07, 6.45) is 2.66. The quantitative estimate of drug-likeness (QED) is 0.653. The molecule has 0 amide bonds. The third kappa shape index (κ3) is 4.94. The minimum Gasteiger partial charge on any atom is -0.320 e. The first-order valence-electron chi connectivity index (χ1n) is 5.90. The van der Waals surface area contributed by atoms with Crippen LogP contribution in [0.3, 0.4) is 0 Å². The van der Waals surface area contributed by atoms with Crippen LogP contribution in [-0.2, 0) is 0 Å². The zero-order valence-electron chi connectivity index (χ0n) is 9.68. The second-order valence-electron chi connectivity index (χ2n) is 4.38. The van der Waals surface area contributed by atoms with Gasteiger partial charge in [-0.25, -0.2) is 0 Å². The minimum atomic E-state index is 0.859. The highest BCUT2D eigenvalue weighted by molar-refractivity contribution is 4.68. The van der Waals surface area contributed by atoms with Crippen LogP contribution in [0.1, 0.15) is 19.8 Å². The van der Waals surface area contributed by atoms with E-state index in [1.54, 1.807) is 0 Å². The first kappa shape index (κ1) is 12.0. The standard InChI is InChI=1S/C11H25N3/c1-11(3-5-12-2)4-8-14-9-6-13-7-10-14/h11-13H,3-10H2,1-2H3. The van der Waals surface area contributed by atoms with Crippen LogP contribution >= 0.6 is 0 Å². The molecule has 1 unspecified atom stereocenters. The summed E-state index contributed by atoms with van der Waals surface area (Å²) in [5.74, 6) is 0.859. The number of hydrogen-bond donors (Lipinski definition) is 2. The van der Waals surface area contributed by atoms with Crippen molar-refractivity contribution in [2.75, 3.05) is 46.3 Å². The predicted octanol–water partition coefficient (Wildman–Crippen LogP) is 0.527. The van der Waals surface area contributed by atoms with Crippen molar-refractivity contribution in [2.45, 2.75) is 19.8 Å². The van der Waals surface area contributed by atoms with Crippen molar-refractivity contribution in [3.05, 3.63) is 0 Å². The maximum atomic E-state index is 3.38. The molecule has 1 fully saturated rings. The first-order chi connectivity index (χ1) is 6.83. The molecule has 0 aromatic carbocycles. The highest BCUT2D eigenvalue weighted by Crippen LogP contribution is 2.07. The SMILES string of the molecule is CNCCC(C)CCN1CCNCC1. The Morgan fingerprint density at radius 1 is 1.29 bits per heavy atom. The fourth-order valence-corrected chi connectivity index (χ4v) is 1.87. The predicted molar refractivity (Wildman–Crippen MR) is 61.6 cm³/mol. The van der Waals surface area contributed by atoms with Crippen molar-refractivity contribution in [1.82, 2.24) is 15.5 Å². The Morgan fingerprint density at radius 3 is 2.64 bits per heavy atom. The molecule has 2 N–H and O–H groups in total. The lowest BCUT2D eigenvalue weighted by Crippen LogP contribution is -2.44. The summed E-state index contributed by atoms with van der Waals surface area (Å²) in [4.78, 5) is 2.58. The number of hydrogen-bond acceptors (Lipinski definition) is 3. The van der Waals surface area contributed by atoms with Gasteiger partial charge in [0, 0.05) is 26.2 Å². The van der Waals surface area contributed by atoms with Gasteiger partial charge >= 0.3 is 0 Å². The lowest BCUT2D eigenvalue weighted by atomic mass is 10.0. The number of nitrogens with one attached hydrogen (secondary N) is 2. The van der Waals surface area contributed by atoms with Gasteiger partial charge in [-0.05, 0) is 38.9 Å². The molecule has 1 atom stereocenters. The largest absolute Gasteiger partial charge is 0.320 e. The van der Waals surface area contributed by atoms with Crippen molar-refractivity contribution in [1.29, 1.82) is 0 Å². The number of rotatable bonds is 6. The molecule has 1 aliphatic rings. The molecule has 0 aromatic heterocycles. The van der Waals surface area contributed by atoms with Crippen molar-refractivity contribution in [3.63, 3.8) is 0 Å². The molecule has 0 bridgehead atoms. The topological polar surface area (TPSA) is 27.3 Å². The molecule has 1 aliphatic heterocycles. The molecule has 0 aliphatic carbocycles. The first-order valence-corrected chi connectivity index (χ1v) is 5.90. The van der Waals surface area contributed by atoms with Crippen LogP contribution in [-0.4, -0.2) is 51.2 Å². The van der Waals surface area contributed by atoms with Crippen molar-refractivity contribution in [3.8, 4) is 0 Å². The molecule has 3 heteroatoms. The van der Waals surface area contributed by atoms with Gasteiger partial charge in [-0.3, -0.25) is 0 Å². The third-order valence-electron chi connectivity index (χ3n) is 3.03. The molecule has 0 spiro atoms. The Bertz CT molecular complexity index is 132. The Balaban J connectivity index is 2.00. The van der Waals surface area contributed by atoms with E-state index >= 15 is 0 Å². The fraction of sp³-hybridized carbons (Fsp3) is 1.00. The van der Waals surface area contributed by atoms with Gasteiger partial charge in [0.25, 0.3) is 0 Å². The highest BCUT2D eigenvalue weighted by atomic mass is 15.2. The van der Waals surface area contributed by atoms with Crippen LogP contribution in [0.15, 0.2) is 0 Å². The zero-order chi connectivity index (χ0) is 10.2. The maximum absolute atomic E-state index is 3.38. The van der Waals surface area contributed by atoms with Gasteiger partial charge < -0.3 is 15.5 Å². The number of nitrogens with zero attached hydrogens (tertiary/aromatic N) is 1. The summed E-state index contributed by atoms with van der Waals surface area (Å²) < 4.78 is 0. The fourth-order valence-electron chi connectivity index (χ4n) is 1.87. The van der Waals surface area contributed by atoms with E-state index in [2.05, 4.69) is 22.5 Å². The highest BCUT2D eigenvalue weighted by Gasteiger charge is 2.10. The maximum Gasteiger partial charge on any atom is 0.0107 e. The molecule has 1 rings (SSSR count). The average Bonchev–Trinajstić information content (AvgIpc) is 2.25. The van der Waals surface area contributed by atoms with Crippen LogP contribution in [0, 0.1) is 5.92 Å². The molecule has 3 nitrogen and oxygen atoms in total. The van der Waals surface area contributed by atoms with E-state index in [0.29, 0.717) is 0 Å². The smallest absolute Gasteiger partial charge is 0.0107 e. The van der Waals surface area contributed by atoms with Crippen LogP contribution in [0.2, 0.25) is 0 Å². The minimum absolute atomic E-state index is 0.859. The molecule has 0 saturated carbocycles. The normalized spacial score (nSPS) is 21.0. The van der Waals surface area contributed by atoms with Crippen LogP contribution < -0.4 is 10.6 Å². The summed E-state index contributed by atoms with van der Waals surface area (Å²) in [6.45, 7) is 9.61. The van der Waals surface area contributed by atoms with E-state index < -0.39 is 0 Å². The Hall–Kier alpha value is -0.120. The van der Waals surface area contributed by atoms with Gasteiger partial charge in [0.1, 0.15) is 0 Å². The van der Waals surface area contributed by atoms with Crippen LogP contribution in [0.5, 0.6) is 0 Å². The van der Waals surface area contributed by atoms with Gasteiger partial charge in [0.05, 0.1) is 0 Å². The van der Waals surface area contributed by atoms with E-state index in [4.69, 9.17) is 0 Å². The lowest BCUT2D eigenvalue weighted by Gasteiger charge is -2.28. The second kappa shape index (κ2) is 7.21. The average molecular weight is 199 g/mol. The van der Waals surface area contributed by atoms with E-state index in [-0.39, 0.29) is 0 Å². The molecular weight excluding hydrogens is 174 g/mol. The van der Waals surface area contributed by atoms with E-state index in [1.807, 2.05) is 7.05 Å². The molecule has 84 valence electrons. The van der Waals surface area contributed by atoms with Gasteiger partial charge in [0.15, 0.2) is 0 Å². The molecule has 0 aromatic rings. The molecule has 1 saturated heterocycles. The monoisotopic (exact) mass is 199 g/mol. The summed E-state index contributed by atoms with van der Waals surface area (Å²) in [5, 5.41) is 6.60. The Labute approximate surface area is 88.2 Å². The van der Waals surface area contributed by atoms with Crippen molar-refractivity contribution >= 4 is 0 Å². The van der Waals surface area contributed by atoms with Crippen LogP contribution in [0.4, 0.5) is 0 Å².